The predicted octanol–water partition coefficient (Wildman–Crippen LogP) is 0.912. The molecule has 0 unspecified atom stereocenters. The van der Waals surface area contributed by atoms with Crippen LogP contribution in [0.2, 0.25) is 0 Å². The summed E-state index contributed by atoms with van der Waals surface area (Å²) >= 11 is 1.20. The maximum absolute atomic E-state index is 10.6. The Morgan fingerprint density at radius 1 is 1.43 bits per heavy atom. The number of aliphatic carboxylic acids is 1. The summed E-state index contributed by atoms with van der Waals surface area (Å²) in [6, 6.07) is 0.466. The highest BCUT2D eigenvalue weighted by Crippen LogP contribution is 2.24. The molecule has 0 atom stereocenters. The Bertz CT molecular complexity index is 485. The molecule has 0 spiro atoms. The first-order valence-corrected chi connectivity index (χ1v) is 8.20. The standard InChI is InChI=1S/C13H23N5O2S/c1-4-18-7-5-10(6-8-18)16(2)12-14-15-13(17(12)3)21-9-11(19)20/h10H,4-9H2,1-3H3,(H,19,20). The molecule has 0 bridgehead atoms. The van der Waals surface area contributed by atoms with Crippen molar-refractivity contribution in [1.29, 1.82) is 0 Å². The highest BCUT2D eigenvalue weighted by Gasteiger charge is 2.25. The first-order chi connectivity index (χ1) is 10.0. The largest absolute Gasteiger partial charge is 0.481 e. The van der Waals surface area contributed by atoms with Gasteiger partial charge in [-0.25, -0.2) is 0 Å². The molecule has 0 saturated carbocycles. The molecule has 7 nitrogen and oxygen atoms in total. The van der Waals surface area contributed by atoms with Crippen molar-refractivity contribution in [1.82, 2.24) is 19.7 Å². The molecule has 0 amide bonds. The van der Waals surface area contributed by atoms with Crippen LogP contribution in [0.4, 0.5) is 5.95 Å². The third kappa shape index (κ3) is 3.88. The second-order valence-electron chi connectivity index (χ2n) is 5.30. The minimum absolute atomic E-state index is 0.00454. The summed E-state index contributed by atoms with van der Waals surface area (Å²) in [6.45, 7) is 5.53. The molecular weight excluding hydrogens is 290 g/mol. The monoisotopic (exact) mass is 313 g/mol. The Labute approximate surface area is 129 Å². The fourth-order valence-corrected chi connectivity index (χ4v) is 3.28. The van der Waals surface area contributed by atoms with Crippen LogP contribution in [0, 0.1) is 0 Å². The van der Waals surface area contributed by atoms with Crippen molar-refractivity contribution in [3.63, 3.8) is 0 Å². The lowest BCUT2D eigenvalue weighted by Gasteiger charge is -2.36. The minimum Gasteiger partial charge on any atom is -0.481 e. The van der Waals surface area contributed by atoms with E-state index >= 15 is 0 Å². The zero-order valence-corrected chi connectivity index (χ0v) is 13.6. The van der Waals surface area contributed by atoms with E-state index in [-0.39, 0.29) is 5.75 Å². The van der Waals surface area contributed by atoms with Crippen molar-refractivity contribution in [3.8, 4) is 0 Å². The summed E-state index contributed by atoms with van der Waals surface area (Å²) in [5, 5.41) is 17.7. The molecule has 0 radical (unpaired) electrons. The van der Waals surface area contributed by atoms with Gasteiger partial charge in [0.25, 0.3) is 0 Å². The number of carbonyl (C=O) groups is 1. The summed E-state index contributed by atoms with van der Waals surface area (Å²) in [6.07, 6.45) is 2.24. The van der Waals surface area contributed by atoms with Crippen LogP contribution in [0.5, 0.6) is 0 Å². The first-order valence-electron chi connectivity index (χ1n) is 7.22. The van der Waals surface area contributed by atoms with Crippen molar-refractivity contribution in [2.45, 2.75) is 31.0 Å². The average molecular weight is 313 g/mol. The fraction of sp³-hybridized carbons (Fsp3) is 0.769. The molecule has 8 heteroatoms. The quantitative estimate of drug-likeness (QED) is 0.782. The number of hydrogen-bond acceptors (Lipinski definition) is 6. The number of hydrogen-bond donors (Lipinski definition) is 1. The maximum atomic E-state index is 10.6. The Kier molecular flexibility index (Phi) is 5.46. The third-order valence-electron chi connectivity index (χ3n) is 4.00. The Balaban J connectivity index is 1.99. The van der Waals surface area contributed by atoms with Crippen molar-refractivity contribution < 1.29 is 9.90 Å². The highest BCUT2D eigenvalue weighted by molar-refractivity contribution is 7.99. The van der Waals surface area contributed by atoms with Gasteiger partial charge in [-0.1, -0.05) is 18.7 Å². The van der Waals surface area contributed by atoms with E-state index in [0.717, 1.165) is 38.4 Å². The summed E-state index contributed by atoms with van der Waals surface area (Å²) in [7, 11) is 3.93. The van der Waals surface area contributed by atoms with Gasteiger partial charge in [-0.05, 0) is 19.4 Å². The van der Waals surface area contributed by atoms with Gasteiger partial charge < -0.3 is 14.9 Å². The van der Waals surface area contributed by atoms with Crippen LogP contribution in [0.3, 0.4) is 0 Å². The number of aromatic nitrogens is 3. The van der Waals surface area contributed by atoms with E-state index in [4.69, 9.17) is 5.11 Å². The smallest absolute Gasteiger partial charge is 0.313 e. The van der Waals surface area contributed by atoms with Gasteiger partial charge in [0.15, 0.2) is 5.16 Å². The van der Waals surface area contributed by atoms with Gasteiger partial charge in [0.05, 0.1) is 5.75 Å². The Morgan fingerprint density at radius 2 is 2.10 bits per heavy atom. The SMILES string of the molecule is CCN1CCC(N(C)c2nnc(SCC(=O)O)n2C)CC1. The molecule has 1 N–H and O–H groups in total. The zero-order chi connectivity index (χ0) is 15.4. The maximum Gasteiger partial charge on any atom is 0.313 e. The van der Waals surface area contributed by atoms with Crippen LogP contribution in [-0.2, 0) is 11.8 Å². The van der Waals surface area contributed by atoms with Gasteiger partial charge in [0, 0.05) is 33.2 Å². The van der Waals surface area contributed by atoms with Crippen molar-refractivity contribution >= 4 is 23.7 Å². The average Bonchev–Trinajstić information content (AvgIpc) is 2.85. The summed E-state index contributed by atoms with van der Waals surface area (Å²) < 4.78 is 1.87. The van der Waals surface area contributed by atoms with Gasteiger partial charge in [-0.15, -0.1) is 10.2 Å². The highest BCUT2D eigenvalue weighted by atomic mass is 32.2. The topological polar surface area (TPSA) is 74.5 Å². The van der Waals surface area contributed by atoms with Crippen LogP contribution < -0.4 is 4.90 Å². The lowest BCUT2D eigenvalue weighted by Crippen LogP contribution is -2.44. The van der Waals surface area contributed by atoms with E-state index in [1.807, 2.05) is 18.7 Å². The number of carboxylic acids is 1. The van der Waals surface area contributed by atoms with Gasteiger partial charge in [0.1, 0.15) is 0 Å². The molecule has 118 valence electrons. The molecule has 1 fully saturated rings. The van der Waals surface area contributed by atoms with E-state index in [1.165, 1.54) is 11.8 Å². The van der Waals surface area contributed by atoms with Gasteiger partial charge >= 0.3 is 5.97 Å². The van der Waals surface area contributed by atoms with Crippen molar-refractivity contribution in [3.05, 3.63) is 0 Å². The molecule has 1 aliphatic rings. The number of thioether (sulfide) groups is 1. The number of likely N-dealkylation sites (tertiary alicyclic amines) is 1. The zero-order valence-electron chi connectivity index (χ0n) is 12.8. The fourth-order valence-electron chi connectivity index (χ4n) is 2.65. The van der Waals surface area contributed by atoms with Crippen molar-refractivity contribution in [2.24, 2.45) is 7.05 Å². The molecule has 1 aromatic heterocycles. The third-order valence-corrected chi connectivity index (χ3v) is 5.01. The second kappa shape index (κ2) is 7.13. The molecule has 1 aliphatic heterocycles. The number of rotatable bonds is 6. The second-order valence-corrected chi connectivity index (χ2v) is 6.24. The number of carboxylic acid groups (broad SMARTS) is 1. The van der Waals surface area contributed by atoms with E-state index < -0.39 is 5.97 Å². The normalized spacial score (nSPS) is 17.1. The van der Waals surface area contributed by atoms with Crippen molar-refractivity contribution in [2.75, 3.05) is 37.3 Å². The van der Waals surface area contributed by atoms with Crippen LogP contribution in [0.15, 0.2) is 5.16 Å². The molecule has 0 aliphatic carbocycles. The Hall–Kier alpha value is -1.28. The molecule has 1 aromatic rings. The molecule has 2 heterocycles. The van der Waals surface area contributed by atoms with E-state index in [0.29, 0.717) is 11.2 Å². The van der Waals surface area contributed by atoms with Crippen LogP contribution in [0.25, 0.3) is 0 Å². The summed E-state index contributed by atoms with van der Waals surface area (Å²) in [5.74, 6) is -0.0346. The van der Waals surface area contributed by atoms with Gasteiger partial charge in [-0.3, -0.25) is 9.36 Å². The summed E-state index contributed by atoms with van der Waals surface area (Å²) in [5.41, 5.74) is 0. The summed E-state index contributed by atoms with van der Waals surface area (Å²) in [4.78, 5) is 15.3. The molecular formula is C13H23N5O2S. The number of piperidine rings is 1. The molecule has 1 saturated heterocycles. The van der Waals surface area contributed by atoms with Gasteiger partial charge in [0.2, 0.25) is 5.95 Å². The lowest BCUT2D eigenvalue weighted by atomic mass is 10.0. The van der Waals surface area contributed by atoms with Crippen LogP contribution in [-0.4, -0.2) is 69.2 Å². The lowest BCUT2D eigenvalue weighted by molar-refractivity contribution is -0.133. The van der Waals surface area contributed by atoms with Crippen LogP contribution in [0.1, 0.15) is 19.8 Å². The van der Waals surface area contributed by atoms with Gasteiger partial charge in [-0.2, -0.15) is 0 Å². The number of anilines is 1. The van der Waals surface area contributed by atoms with E-state index in [1.54, 1.807) is 0 Å². The molecule has 0 aromatic carbocycles. The molecule has 2 rings (SSSR count). The minimum atomic E-state index is -0.843. The molecule has 21 heavy (non-hydrogen) atoms. The number of nitrogens with zero attached hydrogens (tertiary/aromatic N) is 5. The first kappa shape index (κ1) is 16.1. The Morgan fingerprint density at radius 3 is 2.67 bits per heavy atom. The van der Waals surface area contributed by atoms with Crippen LogP contribution >= 0.6 is 11.8 Å². The predicted molar refractivity (Wildman–Crippen MR) is 82.9 cm³/mol. The van der Waals surface area contributed by atoms with E-state index in [2.05, 4.69) is 26.9 Å². The van der Waals surface area contributed by atoms with E-state index in [9.17, 15) is 4.79 Å².